The van der Waals surface area contributed by atoms with Gasteiger partial charge in [0.05, 0.1) is 11.7 Å². The average Bonchev–Trinajstić information content (AvgIpc) is 2.43. The standard InChI is InChI=1S/C15H21N5/c1-3-6-18-14(13-5-8-17-11(2)20-13)9-12-4-7-19-15(16)10-12/h4-5,7-8,10,14,18H,3,6,9H2,1-2H3,(H2,16,19). The van der Waals surface area contributed by atoms with E-state index in [4.69, 9.17) is 5.73 Å². The van der Waals surface area contributed by atoms with Gasteiger partial charge in [0.2, 0.25) is 0 Å². The number of aromatic nitrogens is 3. The summed E-state index contributed by atoms with van der Waals surface area (Å²) in [6.07, 6.45) is 5.47. The maximum absolute atomic E-state index is 5.74. The minimum Gasteiger partial charge on any atom is -0.384 e. The molecule has 5 nitrogen and oxygen atoms in total. The molecule has 0 spiro atoms. The second-order valence-electron chi connectivity index (χ2n) is 4.83. The van der Waals surface area contributed by atoms with Gasteiger partial charge in [-0.05, 0) is 50.1 Å². The molecule has 0 saturated carbocycles. The number of nitrogens with zero attached hydrogens (tertiary/aromatic N) is 3. The van der Waals surface area contributed by atoms with Crippen LogP contribution in [0.15, 0.2) is 30.6 Å². The third-order valence-corrected chi connectivity index (χ3v) is 3.08. The lowest BCUT2D eigenvalue weighted by Crippen LogP contribution is -2.25. The van der Waals surface area contributed by atoms with Crippen LogP contribution >= 0.6 is 0 Å². The van der Waals surface area contributed by atoms with Gasteiger partial charge in [-0.1, -0.05) is 6.92 Å². The van der Waals surface area contributed by atoms with E-state index in [2.05, 4.69) is 27.2 Å². The van der Waals surface area contributed by atoms with Crippen LogP contribution in [0.2, 0.25) is 0 Å². The minimum atomic E-state index is 0.165. The average molecular weight is 271 g/mol. The molecule has 5 heteroatoms. The SMILES string of the molecule is CCCNC(Cc1ccnc(N)c1)c1ccnc(C)n1. The van der Waals surface area contributed by atoms with E-state index in [-0.39, 0.29) is 6.04 Å². The van der Waals surface area contributed by atoms with E-state index in [0.717, 1.165) is 36.5 Å². The molecule has 0 radical (unpaired) electrons. The number of rotatable bonds is 6. The second kappa shape index (κ2) is 6.96. The molecule has 0 aromatic carbocycles. The van der Waals surface area contributed by atoms with Gasteiger partial charge in [-0.15, -0.1) is 0 Å². The first kappa shape index (κ1) is 14.4. The van der Waals surface area contributed by atoms with Gasteiger partial charge in [0.1, 0.15) is 11.6 Å². The molecule has 20 heavy (non-hydrogen) atoms. The zero-order valence-corrected chi connectivity index (χ0v) is 12.0. The number of hydrogen-bond donors (Lipinski definition) is 2. The van der Waals surface area contributed by atoms with Crippen molar-refractivity contribution in [3.8, 4) is 0 Å². The molecule has 2 aromatic heterocycles. The summed E-state index contributed by atoms with van der Waals surface area (Å²) in [5.41, 5.74) is 7.91. The molecule has 106 valence electrons. The van der Waals surface area contributed by atoms with E-state index in [1.807, 2.05) is 25.1 Å². The van der Waals surface area contributed by atoms with Crippen molar-refractivity contribution >= 4 is 5.82 Å². The van der Waals surface area contributed by atoms with Crippen molar-refractivity contribution in [3.63, 3.8) is 0 Å². The van der Waals surface area contributed by atoms with Gasteiger partial charge in [-0.25, -0.2) is 15.0 Å². The van der Waals surface area contributed by atoms with Crippen LogP contribution < -0.4 is 11.1 Å². The summed E-state index contributed by atoms with van der Waals surface area (Å²) in [5, 5.41) is 3.53. The zero-order chi connectivity index (χ0) is 14.4. The normalized spacial score (nSPS) is 12.3. The van der Waals surface area contributed by atoms with Crippen LogP contribution in [0.1, 0.15) is 36.5 Å². The highest BCUT2D eigenvalue weighted by Gasteiger charge is 2.13. The Morgan fingerprint density at radius 3 is 2.75 bits per heavy atom. The molecule has 2 rings (SSSR count). The lowest BCUT2D eigenvalue weighted by atomic mass is 10.0. The van der Waals surface area contributed by atoms with Crippen molar-refractivity contribution in [2.24, 2.45) is 0 Å². The van der Waals surface area contributed by atoms with Crippen LogP contribution in [0.4, 0.5) is 5.82 Å². The number of pyridine rings is 1. The molecule has 0 fully saturated rings. The Morgan fingerprint density at radius 1 is 1.25 bits per heavy atom. The van der Waals surface area contributed by atoms with Gasteiger partial charge >= 0.3 is 0 Å². The second-order valence-corrected chi connectivity index (χ2v) is 4.83. The number of hydrogen-bond acceptors (Lipinski definition) is 5. The summed E-state index contributed by atoms with van der Waals surface area (Å²) in [5.74, 6) is 1.34. The first-order valence-corrected chi connectivity index (χ1v) is 6.92. The minimum absolute atomic E-state index is 0.165. The lowest BCUT2D eigenvalue weighted by molar-refractivity contribution is 0.515. The highest BCUT2D eigenvalue weighted by atomic mass is 15.0. The van der Waals surface area contributed by atoms with Crippen LogP contribution in [0.5, 0.6) is 0 Å². The fourth-order valence-electron chi connectivity index (χ4n) is 2.13. The first-order chi connectivity index (χ1) is 9.69. The topological polar surface area (TPSA) is 76.7 Å². The van der Waals surface area contributed by atoms with Crippen LogP contribution in [-0.4, -0.2) is 21.5 Å². The Morgan fingerprint density at radius 2 is 2.05 bits per heavy atom. The Hall–Kier alpha value is -2.01. The Labute approximate surface area is 119 Å². The van der Waals surface area contributed by atoms with Crippen molar-refractivity contribution in [2.75, 3.05) is 12.3 Å². The molecule has 0 saturated heterocycles. The van der Waals surface area contributed by atoms with E-state index in [0.29, 0.717) is 5.82 Å². The van der Waals surface area contributed by atoms with E-state index < -0.39 is 0 Å². The molecular formula is C15H21N5. The van der Waals surface area contributed by atoms with Gasteiger partial charge in [-0.2, -0.15) is 0 Å². The summed E-state index contributed by atoms with van der Waals surface area (Å²) < 4.78 is 0. The number of aryl methyl sites for hydroxylation is 1. The third kappa shape index (κ3) is 3.99. The predicted octanol–water partition coefficient (Wildman–Crippen LogP) is 2.05. The van der Waals surface area contributed by atoms with Crippen LogP contribution in [0, 0.1) is 6.92 Å². The maximum atomic E-state index is 5.74. The Kier molecular flexibility index (Phi) is 5.01. The highest BCUT2D eigenvalue weighted by Crippen LogP contribution is 2.17. The number of nitrogens with two attached hydrogens (primary N) is 1. The van der Waals surface area contributed by atoms with Crippen molar-refractivity contribution in [3.05, 3.63) is 47.7 Å². The molecule has 0 aliphatic carbocycles. The highest BCUT2D eigenvalue weighted by molar-refractivity contribution is 5.32. The molecule has 0 aliphatic heterocycles. The quantitative estimate of drug-likeness (QED) is 0.841. The molecule has 3 N–H and O–H groups in total. The predicted molar refractivity (Wildman–Crippen MR) is 80.2 cm³/mol. The number of anilines is 1. The maximum Gasteiger partial charge on any atom is 0.125 e. The summed E-state index contributed by atoms with van der Waals surface area (Å²) in [4.78, 5) is 12.7. The van der Waals surface area contributed by atoms with E-state index >= 15 is 0 Å². The number of nitrogens with one attached hydrogen (secondary N) is 1. The van der Waals surface area contributed by atoms with Gasteiger partial charge < -0.3 is 11.1 Å². The summed E-state index contributed by atoms with van der Waals surface area (Å²) >= 11 is 0. The van der Waals surface area contributed by atoms with E-state index in [1.165, 1.54) is 0 Å². The zero-order valence-electron chi connectivity index (χ0n) is 12.0. The largest absolute Gasteiger partial charge is 0.384 e. The molecule has 2 aromatic rings. The summed E-state index contributed by atoms with van der Waals surface area (Å²) in [6, 6.07) is 6.03. The van der Waals surface area contributed by atoms with Crippen molar-refractivity contribution < 1.29 is 0 Å². The molecule has 1 unspecified atom stereocenters. The van der Waals surface area contributed by atoms with Gasteiger partial charge in [0.25, 0.3) is 0 Å². The van der Waals surface area contributed by atoms with Crippen LogP contribution in [0.3, 0.4) is 0 Å². The van der Waals surface area contributed by atoms with Crippen LogP contribution in [0.25, 0.3) is 0 Å². The van der Waals surface area contributed by atoms with Gasteiger partial charge in [0, 0.05) is 12.4 Å². The molecule has 2 heterocycles. The molecule has 0 amide bonds. The molecule has 0 aliphatic rings. The Balaban J connectivity index is 2.19. The van der Waals surface area contributed by atoms with Crippen molar-refractivity contribution in [1.29, 1.82) is 0 Å². The molecular weight excluding hydrogens is 250 g/mol. The van der Waals surface area contributed by atoms with Gasteiger partial charge in [0.15, 0.2) is 0 Å². The summed E-state index contributed by atoms with van der Waals surface area (Å²) in [6.45, 7) is 5.01. The van der Waals surface area contributed by atoms with Crippen molar-refractivity contribution in [2.45, 2.75) is 32.7 Å². The van der Waals surface area contributed by atoms with E-state index in [9.17, 15) is 0 Å². The first-order valence-electron chi connectivity index (χ1n) is 6.92. The monoisotopic (exact) mass is 271 g/mol. The molecule has 0 bridgehead atoms. The smallest absolute Gasteiger partial charge is 0.125 e. The van der Waals surface area contributed by atoms with Crippen LogP contribution in [-0.2, 0) is 6.42 Å². The third-order valence-electron chi connectivity index (χ3n) is 3.08. The fraction of sp³-hybridized carbons (Fsp3) is 0.400. The summed E-state index contributed by atoms with van der Waals surface area (Å²) in [7, 11) is 0. The Bertz CT molecular complexity index is 555. The molecule has 1 atom stereocenters. The van der Waals surface area contributed by atoms with E-state index in [1.54, 1.807) is 12.4 Å². The lowest BCUT2D eigenvalue weighted by Gasteiger charge is -2.18. The van der Waals surface area contributed by atoms with Gasteiger partial charge in [-0.3, -0.25) is 0 Å². The van der Waals surface area contributed by atoms with Crippen molar-refractivity contribution in [1.82, 2.24) is 20.3 Å². The number of nitrogen functional groups attached to an aromatic ring is 1. The fourth-order valence-corrected chi connectivity index (χ4v) is 2.13.